The Morgan fingerprint density at radius 2 is 2.22 bits per heavy atom. The third-order valence-corrected chi connectivity index (χ3v) is 4.87. The van der Waals surface area contributed by atoms with Gasteiger partial charge < -0.3 is 10.0 Å². The smallest absolute Gasteiger partial charge is 0.311 e. The number of rotatable bonds is 4. The number of carboxylic acids is 1. The summed E-state index contributed by atoms with van der Waals surface area (Å²) in [4.78, 5) is 25.5. The van der Waals surface area contributed by atoms with E-state index in [0.717, 1.165) is 25.7 Å². The second kappa shape index (κ2) is 4.90. The van der Waals surface area contributed by atoms with E-state index in [2.05, 4.69) is 13.8 Å². The summed E-state index contributed by atoms with van der Waals surface area (Å²) in [5, 5.41) is 9.46. The second-order valence-electron chi connectivity index (χ2n) is 6.04. The fourth-order valence-electron chi connectivity index (χ4n) is 3.40. The summed E-state index contributed by atoms with van der Waals surface area (Å²) in [6, 6.07) is 0. The van der Waals surface area contributed by atoms with Crippen molar-refractivity contribution < 1.29 is 14.7 Å². The molecule has 1 unspecified atom stereocenters. The van der Waals surface area contributed by atoms with Crippen LogP contribution in [0, 0.1) is 17.3 Å². The summed E-state index contributed by atoms with van der Waals surface area (Å²) in [5.41, 5.74) is -0.634. The molecular formula is C14H23NO3. The van der Waals surface area contributed by atoms with Crippen molar-refractivity contribution in [3.05, 3.63) is 0 Å². The largest absolute Gasteiger partial charge is 0.481 e. The van der Waals surface area contributed by atoms with Gasteiger partial charge in [-0.3, -0.25) is 9.59 Å². The number of carbonyl (C=O) groups is 2. The molecule has 2 aliphatic rings. The molecule has 3 atom stereocenters. The maximum Gasteiger partial charge on any atom is 0.311 e. The van der Waals surface area contributed by atoms with Gasteiger partial charge in [-0.2, -0.15) is 0 Å². The highest BCUT2D eigenvalue weighted by atomic mass is 16.4. The molecule has 0 spiro atoms. The van der Waals surface area contributed by atoms with E-state index in [1.54, 1.807) is 4.90 Å². The molecule has 102 valence electrons. The highest BCUT2D eigenvalue weighted by Gasteiger charge is 2.55. The lowest BCUT2D eigenvalue weighted by Gasteiger charge is -2.23. The minimum absolute atomic E-state index is 0.138. The molecule has 1 aliphatic carbocycles. The van der Waals surface area contributed by atoms with Crippen molar-refractivity contribution in [2.75, 3.05) is 13.1 Å². The van der Waals surface area contributed by atoms with Crippen LogP contribution in [-0.4, -0.2) is 35.0 Å². The van der Waals surface area contributed by atoms with Gasteiger partial charge in [0, 0.05) is 19.5 Å². The number of nitrogens with zero attached hydrogens (tertiary/aromatic N) is 1. The van der Waals surface area contributed by atoms with Gasteiger partial charge in [0.15, 0.2) is 0 Å². The Morgan fingerprint density at radius 1 is 1.50 bits per heavy atom. The Hall–Kier alpha value is -1.06. The molecule has 18 heavy (non-hydrogen) atoms. The van der Waals surface area contributed by atoms with Crippen molar-refractivity contribution in [1.82, 2.24) is 4.90 Å². The van der Waals surface area contributed by atoms with Gasteiger partial charge in [0.05, 0.1) is 5.41 Å². The monoisotopic (exact) mass is 253 g/mol. The molecular weight excluding hydrogens is 230 g/mol. The maximum absolute atomic E-state index is 12.1. The van der Waals surface area contributed by atoms with E-state index < -0.39 is 11.4 Å². The minimum atomic E-state index is -0.705. The van der Waals surface area contributed by atoms with Gasteiger partial charge in [0.25, 0.3) is 0 Å². The third-order valence-electron chi connectivity index (χ3n) is 4.87. The zero-order valence-corrected chi connectivity index (χ0v) is 11.3. The molecule has 1 aliphatic heterocycles. The number of hydrogen-bond donors (Lipinski definition) is 1. The number of carbonyl (C=O) groups excluding carboxylic acids is 1. The molecule has 2 rings (SSSR count). The third kappa shape index (κ3) is 2.13. The summed E-state index contributed by atoms with van der Waals surface area (Å²) in [5.74, 6) is -0.00202. The number of likely N-dealkylation sites (tertiary alicyclic amines) is 1. The topological polar surface area (TPSA) is 57.6 Å². The molecule has 1 saturated carbocycles. The van der Waals surface area contributed by atoms with Crippen LogP contribution in [0.2, 0.25) is 0 Å². The zero-order chi connectivity index (χ0) is 13.3. The summed E-state index contributed by atoms with van der Waals surface area (Å²) >= 11 is 0. The molecule has 0 aromatic carbocycles. The fourth-order valence-corrected chi connectivity index (χ4v) is 3.40. The van der Waals surface area contributed by atoms with Crippen LogP contribution in [0.5, 0.6) is 0 Å². The van der Waals surface area contributed by atoms with Crippen LogP contribution in [0.3, 0.4) is 0 Å². The number of aliphatic carboxylic acids is 1. The second-order valence-corrected chi connectivity index (χ2v) is 6.04. The lowest BCUT2D eigenvalue weighted by atomic mass is 9.81. The highest BCUT2D eigenvalue weighted by molar-refractivity contribution is 5.81. The first kappa shape index (κ1) is 13.4. The van der Waals surface area contributed by atoms with Gasteiger partial charge in [-0.25, -0.2) is 0 Å². The molecule has 0 radical (unpaired) electrons. The fraction of sp³-hybridized carbons (Fsp3) is 0.857. The lowest BCUT2D eigenvalue weighted by Crippen LogP contribution is -2.37. The average Bonchev–Trinajstić information content (AvgIpc) is 2.85. The van der Waals surface area contributed by atoms with Crippen LogP contribution < -0.4 is 0 Å². The molecule has 2 fully saturated rings. The van der Waals surface area contributed by atoms with Crippen LogP contribution in [0.15, 0.2) is 0 Å². The predicted molar refractivity (Wildman–Crippen MR) is 68.1 cm³/mol. The molecule has 4 nitrogen and oxygen atoms in total. The van der Waals surface area contributed by atoms with Gasteiger partial charge in [-0.05, 0) is 24.7 Å². The summed E-state index contributed by atoms with van der Waals surface area (Å²) in [6.45, 7) is 5.24. The van der Waals surface area contributed by atoms with Crippen molar-refractivity contribution >= 4 is 11.9 Å². The Morgan fingerprint density at radius 3 is 2.78 bits per heavy atom. The standard InChI is InChI=1S/C14H23NO3/c1-3-10(2)7-12(16)15-8-11-5-4-6-14(11,9-15)13(17)18/h10-11H,3-9H2,1-2H3,(H,17,18)/t10?,11-,14+/m0/s1. The van der Waals surface area contributed by atoms with Crippen LogP contribution in [-0.2, 0) is 9.59 Å². The van der Waals surface area contributed by atoms with Gasteiger partial charge in [0.2, 0.25) is 5.91 Å². The lowest BCUT2D eigenvalue weighted by molar-refractivity contribution is -0.149. The summed E-state index contributed by atoms with van der Waals surface area (Å²) < 4.78 is 0. The zero-order valence-electron chi connectivity index (χ0n) is 11.3. The first-order valence-corrected chi connectivity index (χ1v) is 7.00. The first-order valence-electron chi connectivity index (χ1n) is 7.00. The van der Waals surface area contributed by atoms with Crippen LogP contribution >= 0.6 is 0 Å². The Bertz CT molecular complexity index is 355. The number of fused-ring (bicyclic) bond motifs is 1. The Balaban J connectivity index is 2.03. The Kier molecular flexibility index (Phi) is 3.64. The highest BCUT2D eigenvalue weighted by Crippen LogP contribution is 2.49. The van der Waals surface area contributed by atoms with E-state index in [9.17, 15) is 14.7 Å². The molecule has 1 saturated heterocycles. The maximum atomic E-state index is 12.1. The van der Waals surface area contributed by atoms with Crippen molar-refractivity contribution in [2.45, 2.75) is 46.0 Å². The van der Waals surface area contributed by atoms with Gasteiger partial charge in [0.1, 0.15) is 0 Å². The SMILES string of the molecule is CCC(C)CC(=O)N1C[C@@H]2CCC[C@@]2(C(=O)O)C1. The molecule has 0 bridgehead atoms. The average molecular weight is 253 g/mol. The first-order chi connectivity index (χ1) is 8.49. The quantitative estimate of drug-likeness (QED) is 0.835. The van der Waals surface area contributed by atoms with E-state index >= 15 is 0 Å². The molecule has 0 aromatic rings. The Labute approximate surface area is 108 Å². The molecule has 0 aromatic heterocycles. The van der Waals surface area contributed by atoms with E-state index in [4.69, 9.17) is 0 Å². The van der Waals surface area contributed by atoms with Crippen LogP contribution in [0.1, 0.15) is 46.0 Å². The van der Waals surface area contributed by atoms with Crippen LogP contribution in [0.25, 0.3) is 0 Å². The van der Waals surface area contributed by atoms with Crippen molar-refractivity contribution in [3.8, 4) is 0 Å². The van der Waals surface area contributed by atoms with Crippen LogP contribution in [0.4, 0.5) is 0 Å². The summed E-state index contributed by atoms with van der Waals surface area (Å²) in [6.07, 6.45) is 4.23. The van der Waals surface area contributed by atoms with E-state index in [1.807, 2.05) is 0 Å². The van der Waals surface area contributed by atoms with E-state index in [0.29, 0.717) is 25.4 Å². The molecule has 1 N–H and O–H groups in total. The van der Waals surface area contributed by atoms with Crippen molar-refractivity contribution in [3.63, 3.8) is 0 Å². The van der Waals surface area contributed by atoms with Gasteiger partial charge in [-0.15, -0.1) is 0 Å². The van der Waals surface area contributed by atoms with E-state index in [1.165, 1.54) is 0 Å². The van der Waals surface area contributed by atoms with Gasteiger partial charge in [-0.1, -0.05) is 26.7 Å². The summed E-state index contributed by atoms with van der Waals surface area (Å²) in [7, 11) is 0. The predicted octanol–water partition coefficient (Wildman–Crippen LogP) is 2.14. The minimum Gasteiger partial charge on any atom is -0.481 e. The molecule has 1 amide bonds. The molecule has 1 heterocycles. The van der Waals surface area contributed by atoms with Crippen molar-refractivity contribution in [1.29, 1.82) is 0 Å². The normalized spacial score (nSPS) is 32.3. The van der Waals surface area contributed by atoms with Gasteiger partial charge >= 0.3 is 5.97 Å². The van der Waals surface area contributed by atoms with Crippen molar-refractivity contribution in [2.24, 2.45) is 17.3 Å². The molecule has 4 heteroatoms. The van der Waals surface area contributed by atoms with E-state index in [-0.39, 0.29) is 11.8 Å². The number of amides is 1. The number of hydrogen-bond acceptors (Lipinski definition) is 2. The number of carboxylic acid groups (broad SMARTS) is 1.